The molecule has 0 saturated carbocycles. The Bertz CT molecular complexity index is 6850. The minimum atomic E-state index is -0.497. The first-order valence-corrected chi connectivity index (χ1v) is 40.7. The third-order valence-corrected chi connectivity index (χ3v) is 17.6. The monoisotopic (exact) mass is 1870 g/mol. The van der Waals surface area contributed by atoms with E-state index in [0.717, 1.165) is 34.5 Å². The van der Waals surface area contributed by atoms with E-state index >= 15 is 0 Å². The number of nitrogens with zero attached hydrogens (tertiary/aromatic N) is 19. The Balaban J connectivity index is 0.000000167. The lowest BCUT2D eigenvalue weighted by molar-refractivity contribution is 0.1000. The summed E-state index contributed by atoms with van der Waals surface area (Å²) in [5, 5.41) is 31.9. The molecule has 17 aromatic rings. The maximum atomic E-state index is 12.0. The lowest BCUT2D eigenvalue weighted by Gasteiger charge is -2.11. The van der Waals surface area contributed by atoms with Gasteiger partial charge in [0.25, 0.3) is 5.56 Å². The molecular formula is C93H86Cl3FN26O11. The molecule has 37 nitrogen and oxygen atoms in total. The maximum absolute atomic E-state index is 12.0. The SMILES string of the molecule is COc1cccc(-n2[nH]c(C)cc2=O)n1.COc1cccc(-n2nc(C)cc2Oc2ccnc(Cl)c2)n1.COc1cccc(-n2nc(C)cc2Oc2ccnc(Nc3cccc(C(N)=O)c3)c2)n1.COc1cccc(Cl)n1.COc1cccc(NN)n1.Fc1ccnc(Cl)c1.N#Cc1cccc(N)c1.[C-]#[N+]c1cccc(Nc2cc(Oc3cc(C)nn3-c3cccc(OC)n3)ccn2)c1. The van der Waals surface area contributed by atoms with Crippen LogP contribution < -0.4 is 81.6 Å². The number of pyridine rings is 10. The number of H-pyrrole nitrogens is 1. The fraction of sp³-hybridized carbons (Fsp3) is 0.108. The lowest BCUT2D eigenvalue weighted by Crippen LogP contribution is -2.14. The Kier molecular flexibility index (Phi) is 37.0. The Morgan fingerprint density at radius 2 is 0.858 bits per heavy atom. The molecule has 0 aliphatic heterocycles. The van der Waals surface area contributed by atoms with Crippen molar-refractivity contribution in [2.45, 2.75) is 27.7 Å². The van der Waals surface area contributed by atoms with Gasteiger partial charge >= 0.3 is 0 Å². The highest BCUT2D eigenvalue weighted by atomic mass is 35.5. The Labute approximate surface area is 782 Å². The second-order valence-corrected chi connectivity index (χ2v) is 28.0. The number of benzene rings is 3. The van der Waals surface area contributed by atoms with Crippen molar-refractivity contribution in [1.82, 2.24) is 89.0 Å². The lowest BCUT2D eigenvalue weighted by atomic mass is 10.2. The van der Waals surface area contributed by atoms with E-state index in [1.165, 1.54) is 30.1 Å². The van der Waals surface area contributed by atoms with Gasteiger partial charge in [0.2, 0.25) is 58.8 Å². The number of carbonyl (C=O) groups is 1. The van der Waals surface area contributed by atoms with Gasteiger partial charge in [-0.3, -0.25) is 14.7 Å². The van der Waals surface area contributed by atoms with Crippen LogP contribution in [0, 0.1) is 51.4 Å². The number of methoxy groups -OCH3 is 6. The topological polar surface area (TPSA) is 463 Å². The number of hydrogen-bond donors (Lipinski definition) is 7. The fourth-order valence-corrected chi connectivity index (χ4v) is 11.5. The number of rotatable bonds is 22. The molecule has 0 atom stereocenters. The van der Waals surface area contributed by atoms with Crippen molar-refractivity contribution in [2.24, 2.45) is 11.6 Å². The van der Waals surface area contributed by atoms with Gasteiger partial charge in [0.15, 0.2) is 29.0 Å². The van der Waals surface area contributed by atoms with Crippen LogP contribution >= 0.6 is 34.8 Å². The molecule has 41 heteroatoms. The zero-order chi connectivity index (χ0) is 95.8. The summed E-state index contributed by atoms with van der Waals surface area (Å²) in [6.07, 6.45) is 6.16. The number of carbonyl (C=O) groups excluding carboxylic acids is 1. The van der Waals surface area contributed by atoms with Crippen LogP contribution in [0.4, 0.5) is 44.6 Å². The standard InChI is InChI=1S/C22H20N6O3.C22H18N6O2.C15H13ClN4O2.C10H11N3O2.C7H6N2.C6H6ClNO.C6H9N3O.C5H3ClFN/c1-14-11-21(28(27-14)19-7-4-8-20(26-19)30-2)31-17-9-10-24-18(13-17)25-16-6-3-5-15(12-16)22(23)29;1-15-12-22(28(27-15)20-8-5-9-21(26-20)29-3)30-18-10-11-24-19(14-18)25-17-7-4-6-16(13-17)23-2;1-10-8-15(22-11-6-7-17-12(16)9-11)20(19-10)13-4-3-5-14(18-13)21-2;1-7-6-10(14)13(12-7)8-4-3-5-9(11-8)15-2;8-5-6-2-1-3-7(9)4-6;1-9-6-4-2-3-5(7)8-6;1-10-6-4-2-3-5(8-6)9-7;6-5-3-4(7)1-2-8-5/h3-13H,1-2H3,(H2,23,29)(H,24,25);4-14H,1,3H3,(H,24,25);3-9H,1-2H3;3-6,12H,1-2H3;1-4H,9H2;2-4H,1H3;2-4H,7H2,1H3,(H,8,9);1-3H. The highest BCUT2D eigenvalue weighted by Crippen LogP contribution is 2.33. The Morgan fingerprint density at radius 1 is 0.448 bits per heavy atom. The number of aromatic nitrogens is 18. The predicted molar refractivity (Wildman–Crippen MR) is 505 cm³/mol. The molecule has 17 rings (SSSR count). The van der Waals surface area contributed by atoms with E-state index in [1.54, 1.807) is 232 Å². The number of nitriles is 1. The Hall–Kier alpha value is -17.6. The molecule has 14 heterocycles. The van der Waals surface area contributed by atoms with E-state index in [0.29, 0.717) is 149 Å². The summed E-state index contributed by atoms with van der Waals surface area (Å²) in [5.74, 6) is 14.5. The summed E-state index contributed by atoms with van der Waals surface area (Å²) >= 11 is 16.7. The van der Waals surface area contributed by atoms with Gasteiger partial charge in [0.05, 0.1) is 77.9 Å². The van der Waals surface area contributed by atoms with E-state index < -0.39 is 5.91 Å². The largest absolute Gasteiger partial charge is 0.481 e. The quantitative estimate of drug-likeness (QED) is 0.0109. The van der Waals surface area contributed by atoms with Crippen LogP contribution in [0.2, 0.25) is 15.5 Å². The Morgan fingerprint density at radius 3 is 1.26 bits per heavy atom. The van der Waals surface area contributed by atoms with Gasteiger partial charge in [-0.05, 0) is 137 Å². The van der Waals surface area contributed by atoms with Crippen molar-refractivity contribution in [1.29, 1.82) is 5.26 Å². The van der Waals surface area contributed by atoms with Crippen molar-refractivity contribution >= 4 is 80.9 Å². The first-order valence-electron chi connectivity index (χ1n) is 39.5. The molecule has 0 bridgehead atoms. The van der Waals surface area contributed by atoms with Gasteiger partial charge in [0, 0.05) is 138 Å². The molecular weight excluding hydrogens is 1780 g/mol. The third-order valence-electron chi connectivity index (χ3n) is 17.0. The molecule has 14 aromatic heterocycles. The van der Waals surface area contributed by atoms with Crippen LogP contribution in [0.5, 0.6) is 70.2 Å². The third kappa shape index (κ3) is 30.8. The number of anilines is 6. The van der Waals surface area contributed by atoms with Crippen LogP contribution in [0.3, 0.4) is 0 Å². The van der Waals surface area contributed by atoms with E-state index in [2.05, 4.69) is 91.1 Å². The van der Waals surface area contributed by atoms with Gasteiger partial charge < -0.3 is 70.2 Å². The number of primary amides is 1. The van der Waals surface area contributed by atoms with Crippen molar-refractivity contribution < 1.29 is 51.8 Å². The van der Waals surface area contributed by atoms with Crippen LogP contribution in [0.1, 0.15) is 38.7 Å². The van der Waals surface area contributed by atoms with Gasteiger partial charge in [-0.1, -0.05) is 95.5 Å². The molecule has 0 aliphatic carbocycles. The highest BCUT2D eigenvalue weighted by Gasteiger charge is 2.18. The first-order chi connectivity index (χ1) is 64.8. The van der Waals surface area contributed by atoms with E-state index in [4.69, 9.17) is 107 Å². The second kappa shape index (κ2) is 50.2. The van der Waals surface area contributed by atoms with Gasteiger partial charge in [-0.25, -0.2) is 44.7 Å². The van der Waals surface area contributed by atoms with Crippen molar-refractivity contribution in [3.63, 3.8) is 0 Å². The number of aromatic amines is 1. The average Bonchev–Trinajstić information content (AvgIpc) is 1.67. The van der Waals surface area contributed by atoms with Crippen LogP contribution in [-0.4, -0.2) is 138 Å². The summed E-state index contributed by atoms with van der Waals surface area (Å²) in [6.45, 7) is 14.6. The first kappa shape index (κ1) is 98.6. The fourth-order valence-electron chi connectivity index (χ4n) is 11.1. The molecule has 0 spiro atoms. The minimum absolute atomic E-state index is 0.131. The molecule has 0 saturated heterocycles. The molecule has 10 N–H and O–H groups in total. The van der Waals surface area contributed by atoms with Gasteiger partial charge in [-0.2, -0.15) is 59.5 Å². The number of hydrazine groups is 1. The summed E-state index contributed by atoms with van der Waals surface area (Å²) in [6, 6.07) is 74.7. The molecule has 134 heavy (non-hydrogen) atoms. The number of nitrogens with two attached hydrogens (primary N) is 3. The van der Waals surface area contributed by atoms with E-state index in [-0.39, 0.29) is 16.5 Å². The minimum Gasteiger partial charge on any atom is -0.481 e. The smallest absolute Gasteiger partial charge is 0.272 e. The maximum Gasteiger partial charge on any atom is 0.272 e. The summed E-state index contributed by atoms with van der Waals surface area (Å²) in [4.78, 5) is 67.5. The molecule has 0 aliphatic rings. The zero-order valence-electron chi connectivity index (χ0n) is 73.3. The number of halogens is 4. The van der Waals surface area contributed by atoms with Gasteiger partial charge in [-0.15, -0.1) is 0 Å². The second-order valence-electron chi connectivity index (χ2n) is 26.9. The van der Waals surface area contributed by atoms with Crippen LogP contribution in [-0.2, 0) is 0 Å². The summed E-state index contributed by atoms with van der Waals surface area (Å²) in [7, 11) is 9.34. The number of nitrogens with one attached hydrogen (secondary N) is 4. The predicted octanol–water partition coefficient (Wildman–Crippen LogP) is 18.1. The molecule has 1 amide bonds. The van der Waals surface area contributed by atoms with Crippen molar-refractivity contribution in [2.75, 3.05) is 64.5 Å². The molecule has 0 fully saturated rings. The highest BCUT2D eigenvalue weighted by molar-refractivity contribution is 6.30. The van der Waals surface area contributed by atoms with Gasteiger partial charge in [0.1, 0.15) is 56.0 Å². The van der Waals surface area contributed by atoms with Crippen LogP contribution in [0.15, 0.2) is 284 Å². The molecule has 0 unspecified atom stereocenters. The number of aryl methyl sites for hydroxylation is 4. The molecule has 682 valence electrons. The average molecular weight is 1870 g/mol. The number of nitrogen functional groups attached to an aromatic ring is 2. The van der Waals surface area contributed by atoms with Crippen LogP contribution in [0.25, 0.3) is 28.1 Å². The molecule has 3 aromatic carbocycles. The van der Waals surface area contributed by atoms with E-state index in [1.807, 2.05) is 107 Å². The zero-order valence-corrected chi connectivity index (χ0v) is 75.6. The molecule has 0 radical (unpaired) electrons. The number of ether oxygens (including phenoxy) is 9. The summed E-state index contributed by atoms with van der Waals surface area (Å²) in [5.41, 5.74) is 19.8. The van der Waals surface area contributed by atoms with Crippen molar-refractivity contribution in [3.05, 3.63) is 357 Å². The normalized spacial score (nSPS) is 10.0. The summed E-state index contributed by atoms with van der Waals surface area (Å²) < 4.78 is 66.4. The van der Waals surface area contributed by atoms with E-state index in [9.17, 15) is 14.0 Å². The number of amides is 1. The number of hydrogen-bond acceptors (Lipinski definition) is 30. The van der Waals surface area contributed by atoms with Crippen molar-refractivity contribution in [3.8, 4) is 99.5 Å².